The smallest absolute Gasteiger partial charge is 0.408 e. The van der Waals surface area contributed by atoms with E-state index in [0.29, 0.717) is 13.0 Å². The van der Waals surface area contributed by atoms with Crippen molar-refractivity contribution in [3.05, 3.63) is 0 Å². The average Bonchev–Trinajstić information content (AvgIpc) is 3.01. The molecule has 0 spiro atoms. The van der Waals surface area contributed by atoms with Crippen LogP contribution in [0.25, 0.3) is 0 Å². The third-order valence-corrected chi connectivity index (χ3v) is 5.79. The molecule has 3 fully saturated rings. The van der Waals surface area contributed by atoms with Gasteiger partial charge in [-0.25, -0.2) is 13.6 Å². The molecule has 8 heteroatoms. The highest BCUT2D eigenvalue weighted by Gasteiger charge is 2.72. The van der Waals surface area contributed by atoms with E-state index in [1.54, 1.807) is 0 Å². The van der Waals surface area contributed by atoms with Crippen LogP contribution in [0.5, 0.6) is 0 Å². The molecule has 26 heavy (non-hydrogen) atoms. The van der Waals surface area contributed by atoms with Crippen molar-refractivity contribution < 1.29 is 27.9 Å². The fourth-order valence-corrected chi connectivity index (χ4v) is 4.19. The molecule has 146 valence electrons. The summed E-state index contributed by atoms with van der Waals surface area (Å²) in [6.45, 7) is 5.92. The fourth-order valence-electron chi connectivity index (χ4n) is 4.19. The van der Waals surface area contributed by atoms with Crippen molar-refractivity contribution in [1.29, 1.82) is 0 Å². The number of alkyl halides is 2. The second-order valence-electron chi connectivity index (χ2n) is 8.71. The maximum atomic E-state index is 13.2. The van der Waals surface area contributed by atoms with Crippen LogP contribution in [0.2, 0.25) is 0 Å². The van der Waals surface area contributed by atoms with Gasteiger partial charge in [0, 0.05) is 18.4 Å². The number of fused-ring (bicyclic) bond motifs is 1. The van der Waals surface area contributed by atoms with Crippen LogP contribution in [0.1, 0.15) is 46.5 Å². The van der Waals surface area contributed by atoms with Crippen molar-refractivity contribution in [2.45, 2.75) is 70.6 Å². The molecule has 2 saturated carbocycles. The van der Waals surface area contributed by atoms with Gasteiger partial charge in [0.25, 0.3) is 5.92 Å². The van der Waals surface area contributed by atoms with Crippen LogP contribution in [0.4, 0.5) is 13.6 Å². The minimum atomic E-state index is -2.61. The lowest BCUT2D eigenvalue weighted by Gasteiger charge is -2.34. The number of nitrogens with zero attached hydrogens (tertiary/aromatic N) is 1. The highest BCUT2D eigenvalue weighted by Crippen LogP contribution is 2.64. The number of carbonyl (C=O) groups excluding carboxylic acids is 3. The van der Waals surface area contributed by atoms with Gasteiger partial charge in [0.1, 0.15) is 18.4 Å². The first-order valence-corrected chi connectivity index (χ1v) is 9.16. The number of amides is 2. The van der Waals surface area contributed by atoms with Gasteiger partial charge in [0.15, 0.2) is 0 Å². The molecular weight excluding hydrogens is 346 g/mol. The molecule has 0 bridgehead atoms. The summed E-state index contributed by atoms with van der Waals surface area (Å²) >= 11 is 0. The van der Waals surface area contributed by atoms with Gasteiger partial charge in [0.05, 0.1) is 6.04 Å². The van der Waals surface area contributed by atoms with Crippen molar-refractivity contribution in [2.75, 3.05) is 6.54 Å². The van der Waals surface area contributed by atoms with Crippen LogP contribution in [-0.4, -0.2) is 53.8 Å². The zero-order valence-electron chi connectivity index (χ0n) is 15.3. The number of alkyl carbamates (subject to hydrolysis) is 1. The third-order valence-electron chi connectivity index (χ3n) is 5.79. The Morgan fingerprint density at radius 3 is 2.42 bits per heavy atom. The molecule has 3 rings (SSSR count). The Morgan fingerprint density at radius 2 is 1.88 bits per heavy atom. The summed E-state index contributed by atoms with van der Waals surface area (Å²) in [5.41, 5.74) is -0.586. The summed E-state index contributed by atoms with van der Waals surface area (Å²) < 4.78 is 31.7. The lowest BCUT2D eigenvalue weighted by Crippen LogP contribution is -2.56. The number of nitrogens with one attached hydrogen (secondary N) is 1. The topological polar surface area (TPSA) is 75.7 Å². The summed E-state index contributed by atoms with van der Waals surface area (Å²) in [6, 6.07) is -1.32. The first-order chi connectivity index (χ1) is 12.1. The summed E-state index contributed by atoms with van der Waals surface area (Å²) in [5.74, 6) is -4.29. The van der Waals surface area contributed by atoms with Crippen LogP contribution in [0.15, 0.2) is 0 Å². The quantitative estimate of drug-likeness (QED) is 0.769. The Hall–Kier alpha value is -1.73. The summed E-state index contributed by atoms with van der Waals surface area (Å²) in [7, 11) is 0. The van der Waals surface area contributed by atoms with E-state index in [-0.39, 0.29) is 18.7 Å². The first-order valence-electron chi connectivity index (χ1n) is 9.16. The predicted molar refractivity (Wildman–Crippen MR) is 88.6 cm³/mol. The molecule has 3 aliphatic rings. The van der Waals surface area contributed by atoms with Gasteiger partial charge in [0.2, 0.25) is 5.91 Å². The summed E-state index contributed by atoms with van der Waals surface area (Å²) in [6.07, 6.45) is 1.15. The molecule has 2 aliphatic carbocycles. The molecule has 5 atom stereocenters. The first kappa shape index (κ1) is 19.0. The molecule has 6 nitrogen and oxygen atoms in total. The van der Waals surface area contributed by atoms with Gasteiger partial charge in [-0.15, -0.1) is 0 Å². The van der Waals surface area contributed by atoms with Crippen molar-refractivity contribution in [3.8, 4) is 0 Å². The van der Waals surface area contributed by atoms with Gasteiger partial charge in [-0.3, -0.25) is 4.79 Å². The molecule has 0 aromatic heterocycles. The van der Waals surface area contributed by atoms with Gasteiger partial charge >= 0.3 is 6.09 Å². The lowest BCUT2D eigenvalue weighted by atomic mass is 9.85. The van der Waals surface area contributed by atoms with E-state index in [0.717, 1.165) is 12.7 Å². The van der Waals surface area contributed by atoms with Crippen molar-refractivity contribution in [3.63, 3.8) is 0 Å². The van der Waals surface area contributed by atoms with E-state index in [9.17, 15) is 23.2 Å². The maximum Gasteiger partial charge on any atom is 0.408 e. The Balaban J connectivity index is 1.59. The van der Waals surface area contributed by atoms with E-state index in [1.807, 2.05) is 20.8 Å². The lowest BCUT2D eigenvalue weighted by molar-refractivity contribution is -0.138. The molecule has 0 aromatic rings. The molecule has 1 N–H and O–H groups in total. The number of aldehydes is 1. The van der Waals surface area contributed by atoms with Crippen LogP contribution in [0, 0.1) is 17.3 Å². The maximum absolute atomic E-state index is 13.2. The minimum absolute atomic E-state index is 0.165. The van der Waals surface area contributed by atoms with E-state index in [1.165, 1.54) is 4.90 Å². The minimum Gasteiger partial charge on any atom is -0.446 e. The van der Waals surface area contributed by atoms with E-state index in [2.05, 4.69) is 5.32 Å². The normalized spacial score (nSPS) is 33.3. The molecule has 1 unspecified atom stereocenters. The number of rotatable bonds is 4. The monoisotopic (exact) mass is 372 g/mol. The zero-order valence-corrected chi connectivity index (χ0v) is 15.3. The Morgan fingerprint density at radius 1 is 1.27 bits per heavy atom. The second-order valence-corrected chi connectivity index (χ2v) is 8.71. The largest absolute Gasteiger partial charge is 0.446 e. The Kier molecular flexibility index (Phi) is 4.73. The van der Waals surface area contributed by atoms with Gasteiger partial charge < -0.3 is 19.7 Å². The van der Waals surface area contributed by atoms with Crippen molar-refractivity contribution >= 4 is 18.3 Å². The molecule has 0 radical (unpaired) electrons. The number of hydrogen-bond donors (Lipinski definition) is 1. The van der Waals surface area contributed by atoms with Gasteiger partial charge in [-0.05, 0) is 31.1 Å². The highest BCUT2D eigenvalue weighted by molar-refractivity contribution is 5.88. The number of halogens is 2. The predicted octanol–water partition coefficient (Wildman–Crippen LogP) is 2.36. The second kappa shape index (κ2) is 6.46. The standard InChI is InChI=1S/C18H26F2N2O4/c1-17(2,3)14(15(24)22-6-4-5-10(22)9-23)21-16(25)26-11-7-12-13(8-11)18(12,19)20/h9-14H,4-8H2,1-3H3,(H,21,25)/t10-,11?,12-,13+,14+/m0/s1. The molecule has 0 aromatic carbocycles. The molecule has 1 saturated heterocycles. The van der Waals surface area contributed by atoms with E-state index < -0.39 is 47.5 Å². The zero-order chi connectivity index (χ0) is 19.3. The molecule has 1 heterocycles. The number of hydrogen-bond acceptors (Lipinski definition) is 4. The van der Waals surface area contributed by atoms with E-state index >= 15 is 0 Å². The van der Waals surface area contributed by atoms with Crippen LogP contribution < -0.4 is 5.32 Å². The molecule has 2 amide bonds. The third kappa shape index (κ3) is 3.42. The Bertz CT molecular complexity index is 590. The SMILES string of the molecule is CC(C)(C)[C@H](NC(=O)OC1C[C@@H]2[C@H](C1)C2(F)F)C(=O)N1CCC[C@H]1C=O. The highest BCUT2D eigenvalue weighted by atomic mass is 19.3. The van der Waals surface area contributed by atoms with E-state index in [4.69, 9.17) is 4.74 Å². The molecule has 1 aliphatic heterocycles. The summed E-state index contributed by atoms with van der Waals surface area (Å²) in [4.78, 5) is 37.8. The summed E-state index contributed by atoms with van der Waals surface area (Å²) in [5, 5.41) is 2.60. The number of likely N-dealkylation sites (tertiary alicyclic amines) is 1. The Labute approximate surface area is 151 Å². The number of carbonyl (C=O) groups is 3. The van der Waals surface area contributed by atoms with Gasteiger partial charge in [-0.1, -0.05) is 20.8 Å². The average molecular weight is 372 g/mol. The van der Waals surface area contributed by atoms with Crippen molar-refractivity contribution in [1.82, 2.24) is 10.2 Å². The molecular formula is C18H26F2N2O4. The van der Waals surface area contributed by atoms with Crippen LogP contribution >= 0.6 is 0 Å². The van der Waals surface area contributed by atoms with Gasteiger partial charge in [-0.2, -0.15) is 0 Å². The number of ether oxygens (including phenoxy) is 1. The van der Waals surface area contributed by atoms with Crippen LogP contribution in [0.3, 0.4) is 0 Å². The fraction of sp³-hybridized carbons (Fsp3) is 0.833. The van der Waals surface area contributed by atoms with Crippen LogP contribution in [-0.2, 0) is 14.3 Å². The van der Waals surface area contributed by atoms with Crippen molar-refractivity contribution in [2.24, 2.45) is 17.3 Å².